The van der Waals surface area contributed by atoms with Crippen molar-refractivity contribution in [3.8, 4) is 17.0 Å². The van der Waals surface area contributed by atoms with E-state index in [-0.39, 0.29) is 5.91 Å². The second-order valence-corrected chi connectivity index (χ2v) is 7.07. The van der Waals surface area contributed by atoms with E-state index in [0.717, 1.165) is 17.1 Å². The number of pyridine rings is 1. The monoisotopic (exact) mass is 391 g/mol. The highest BCUT2D eigenvalue weighted by molar-refractivity contribution is 6.35. The molecular formula is C21H18FN5O2. The predicted molar refractivity (Wildman–Crippen MR) is 108 cm³/mol. The van der Waals surface area contributed by atoms with Gasteiger partial charge in [0.05, 0.1) is 23.2 Å². The van der Waals surface area contributed by atoms with Crippen molar-refractivity contribution in [3.63, 3.8) is 0 Å². The minimum absolute atomic E-state index is 0.279. The van der Waals surface area contributed by atoms with Gasteiger partial charge >= 0.3 is 0 Å². The first kappa shape index (κ1) is 17.4. The van der Waals surface area contributed by atoms with Crippen molar-refractivity contribution in [1.82, 2.24) is 15.0 Å². The molecule has 1 amide bonds. The highest BCUT2D eigenvalue weighted by Crippen LogP contribution is 2.41. The number of nitrogens with one attached hydrogen (secondary N) is 3. The van der Waals surface area contributed by atoms with Crippen LogP contribution in [-0.2, 0) is 4.79 Å². The maximum Gasteiger partial charge on any atom is 0.256 e. The van der Waals surface area contributed by atoms with E-state index in [0.29, 0.717) is 52.7 Å². The summed E-state index contributed by atoms with van der Waals surface area (Å²) in [4.78, 5) is 24.1. The first-order valence-corrected chi connectivity index (χ1v) is 9.26. The number of hydrogen-bond donors (Lipinski definition) is 3. The summed E-state index contributed by atoms with van der Waals surface area (Å²) in [6.07, 6.45) is 4.98. The van der Waals surface area contributed by atoms with Crippen LogP contribution in [0.1, 0.15) is 22.6 Å². The van der Waals surface area contributed by atoms with E-state index in [9.17, 15) is 9.18 Å². The number of carbonyl (C=O) groups is 1. The molecule has 0 saturated heterocycles. The largest absolute Gasteiger partial charge is 0.474 e. The van der Waals surface area contributed by atoms with Gasteiger partial charge in [0.1, 0.15) is 23.9 Å². The van der Waals surface area contributed by atoms with Crippen LogP contribution in [0.4, 0.5) is 15.8 Å². The molecule has 29 heavy (non-hydrogen) atoms. The smallest absolute Gasteiger partial charge is 0.256 e. The van der Waals surface area contributed by atoms with Gasteiger partial charge < -0.3 is 20.4 Å². The lowest BCUT2D eigenvalue weighted by Gasteiger charge is -2.21. The number of fused-ring (bicyclic) bond motifs is 2. The molecule has 146 valence electrons. The van der Waals surface area contributed by atoms with Crippen LogP contribution in [0, 0.1) is 19.7 Å². The number of amides is 1. The van der Waals surface area contributed by atoms with Crippen molar-refractivity contribution >= 4 is 28.9 Å². The Morgan fingerprint density at radius 1 is 1.14 bits per heavy atom. The van der Waals surface area contributed by atoms with E-state index in [4.69, 9.17) is 4.74 Å². The lowest BCUT2D eigenvalue weighted by Crippen LogP contribution is -2.20. The quantitative estimate of drug-likeness (QED) is 0.582. The number of H-pyrrole nitrogens is 1. The normalized spacial score (nSPS) is 16.1. The second kappa shape index (κ2) is 6.44. The molecule has 2 aliphatic rings. The molecule has 5 rings (SSSR count). The van der Waals surface area contributed by atoms with Gasteiger partial charge in [0.25, 0.3) is 5.91 Å². The van der Waals surface area contributed by atoms with E-state index in [1.807, 2.05) is 13.8 Å². The molecule has 1 aromatic carbocycles. The van der Waals surface area contributed by atoms with Crippen LogP contribution >= 0.6 is 0 Å². The lowest BCUT2D eigenvalue weighted by atomic mass is 9.96. The van der Waals surface area contributed by atoms with Crippen LogP contribution in [0.2, 0.25) is 0 Å². The summed E-state index contributed by atoms with van der Waals surface area (Å²) in [5.74, 6) is 0.565. The van der Waals surface area contributed by atoms with Crippen molar-refractivity contribution in [2.24, 2.45) is 0 Å². The number of hydrogen-bond acceptors (Lipinski definition) is 5. The molecule has 0 aliphatic carbocycles. The SMILES string of the molecule is Cc1ncc(/C=C2\C(=O)Nc3cc(F)c(-c4cnc5c(c4C)NCCO5)cc32)[nH]1. The van der Waals surface area contributed by atoms with Crippen molar-refractivity contribution < 1.29 is 13.9 Å². The first-order chi connectivity index (χ1) is 14.0. The average molecular weight is 391 g/mol. The summed E-state index contributed by atoms with van der Waals surface area (Å²) in [7, 11) is 0. The molecule has 3 aromatic rings. The highest BCUT2D eigenvalue weighted by atomic mass is 19.1. The van der Waals surface area contributed by atoms with Gasteiger partial charge in [-0.25, -0.2) is 14.4 Å². The number of imidazole rings is 1. The fourth-order valence-corrected chi connectivity index (χ4v) is 3.72. The number of nitrogens with zero attached hydrogens (tertiary/aromatic N) is 2. The van der Waals surface area contributed by atoms with Gasteiger partial charge in [-0.3, -0.25) is 4.79 Å². The van der Waals surface area contributed by atoms with Crippen LogP contribution in [0.3, 0.4) is 0 Å². The first-order valence-electron chi connectivity index (χ1n) is 9.26. The van der Waals surface area contributed by atoms with Gasteiger partial charge in [-0.2, -0.15) is 0 Å². The number of anilines is 2. The molecule has 7 nitrogen and oxygen atoms in total. The number of benzene rings is 1. The van der Waals surface area contributed by atoms with E-state index in [2.05, 4.69) is 25.6 Å². The fraction of sp³-hybridized carbons (Fsp3) is 0.190. The summed E-state index contributed by atoms with van der Waals surface area (Å²) < 4.78 is 20.5. The zero-order valence-electron chi connectivity index (χ0n) is 15.9. The number of carbonyl (C=O) groups excluding carboxylic acids is 1. The van der Waals surface area contributed by atoms with E-state index in [1.54, 1.807) is 24.5 Å². The Labute approximate surface area is 166 Å². The summed E-state index contributed by atoms with van der Waals surface area (Å²) >= 11 is 0. The molecule has 0 spiro atoms. The zero-order chi connectivity index (χ0) is 20.1. The van der Waals surface area contributed by atoms with Crippen molar-refractivity contribution in [2.75, 3.05) is 23.8 Å². The number of halogens is 1. The third kappa shape index (κ3) is 2.84. The van der Waals surface area contributed by atoms with Crippen LogP contribution < -0.4 is 15.4 Å². The molecular weight excluding hydrogens is 373 g/mol. The Bertz CT molecular complexity index is 1200. The third-order valence-corrected chi connectivity index (χ3v) is 5.15. The molecule has 2 aromatic heterocycles. The number of ether oxygens (including phenoxy) is 1. The molecule has 2 aliphatic heterocycles. The second-order valence-electron chi connectivity index (χ2n) is 7.07. The van der Waals surface area contributed by atoms with Gasteiger partial charge in [0.2, 0.25) is 5.88 Å². The molecule has 0 unspecified atom stereocenters. The van der Waals surface area contributed by atoms with Crippen molar-refractivity contribution in [1.29, 1.82) is 0 Å². The third-order valence-electron chi connectivity index (χ3n) is 5.15. The fourth-order valence-electron chi connectivity index (χ4n) is 3.72. The minimum Gasteiger partial charge on any atom is -0.474 e. The Hall–Kier alpha value is -3.68. The molecule has 0 radical (unpaired) electrons. The minimum atomic E-state index is -0.427. The molecule has 0 bridgehead atoms. The molecule has 4 heterocycles. The number of aryl methyl sites for hydroxylation is 1. The number of aromatic amines is 1. The topological polar surface area (TPSA) is 91.9 Å². The van der Waals surface area contributed by atoms with E-state index < -0.39 is 5.82 Å². The van der Waals surface area contributed by atoms with Gasteiger partial charge in [0.15, 0.2) is 0 Å². The lowest BCUT2D eigenvalue weighted by molar-refractivity contribution is -0.110. The van der Waals surface area contributed by atoms with Crippen LogP contribution in [0.5, 0.6) is 5.88 Å². The van der Waals surface area contributed by atoms with E-state index >= 15 is 0 Å². The summed E-state index contributed by atoms with van der Waals surface area (Å²) in [6.45, 7) is 4.95. The molecule has 0 fully saturated rings. The van der Waals surface area contributed by atoms with E-state index in [1.165, 1.54) is 6.07 Å². The molecule has 8 heteroatoms. The summed E-state index contributed by atoms with van der Waals surface area (Å²) in [5.41, 5.74) is 4.90. The van der Waals surface area contributed by atoms with Crippen LogP contribution in [-0.4, -0.2) is 34.0 Å². The van der Waals surface area contributed by atoms with Gasteiger partial charge in [-0.1, -0.05) is 0 Å². The Balaban J connectivity index is 1.65. The summed E-state index contributed by atoms with van der Waals surface area (Å²) in [6, 6.07) is 3.04. The Morgan fingerprint density at radius 3 is 2.79 bits per heavy atom. The van der Waals surface area contributed by atoms with Gasteiger partial charge in [-0.15, -0.1) is 0 Å². The van der Waals surface area contributed by atoms with Gasteiger partial charge in [0, 0.05) is 29.4 Å². The maximum atomic E-state index is 15.0. The van der Waals surface area contributed by atoms with Crippen molar-refractivity contribution in [3.05, 3.63) is 53.0 Å². The van der Waals surface area contributed by atoms with Crippen molar-refractivity contribution in [2.45, 2.75) is 13.8 Å². The van der Waals surface area contributed by atoms with Gasteiger partial charge in [-0.05, 0) is 37.6 Å². The Kier molecular flexibility index (Phi) is 3.87. The predicted octanol–water partition coefficient (Wildman–Crippen LogP) is 3.52. The highest BCUT2D eigenvalue weighted by Gasteiger charge is 2.28. The number of aromatic nitrogens is 3. The van der Waals surface area contributed by atoms with Crippen LogP contribution in [0.15, 0.2) is 24.5 Å². The Morgan fingerprint density at radius 2 is 2.00 bits per heavy atom. The molecule has 0 atom stereocenters. The average Bonchev–Trinajstić information content (AvgIpc) is 3.25. The standard InChI is InChI=1S/C21H18FN5O2/c1-10-16(9-25-21-19(10)23-3-4-29-21)13-6-14-15(5-12-8-24-11(2)26-12)20(28)27-18(14)7-17(13)22/h5-9,23H,3-4H2,1-2H3,(H,24,26)(H,27,28)/b15-5-. The van der Waals surface area contributed by atoms with Crippen LogP contribution in [0.25, 0.3) is 22.8 Å². The maximum absolute atomic E-state index is 15.0. The molecule has 0 saturated carbocycles. The zero-order valence-corrected chi connectivity index (χ0v) is 15.9. The number of rotatable bonds is 2. The summed E-state index contributed by atoms with van der Waals surface area (Å²) in [5, 5.41) is 5.99. The molecule has 3 N–H and O–H groups in total.